The van der Waals surface area contributed by atoms with Crippen molar-refractivity contribution in [3.8, 4) is 11.5 Å². The lowest BCUT2D eigenvalue weighted by Gasteiger charge is -2.30. The van der Waals surface area contributed by atoms with Crippen LogP contribution in [0.1, 0.15) is 38.7 Å². The molecule has 1 unspecified atom stereocenters. The van der Waals surface area contributed by atoms with Crippen LogP contribution in [0.5, 0.6) is 11.5 Å². The maximum atomic E-state index is 13.1. The van der Waals surface area contributed by atoms with Gasteiger partial charge in [-0.05, 0) is 48.7 Å². The molecule has 2 amide bonds. The molecule has 0 saturated heterocycles. The topological polar surface area (TPSA) is 67.9 Å². The van der Waals surface area contributed by atoms with Crippen molar-refractivity contribution in [2.24, 2.45) is 0 Å². The zero-order valence-corrected chi connectivity index (χ0v) is 19.2. The van der Waals surface area contributed by atoms with Crippen molar-refractivity contribution in [2.75, 3.05) is 20.3 Å². The Morgan fingerprint density at radius 3 is 2.35 bits per heavy atom. The van der Waals surface area contributed by atoms with E-state index in [9.17, 15) is 9.59 Å². The SMILES string of the molecule is CCCCNC(=O)C(CC)N(Cc1ccccc1Cl)C(=O)COc1ccc(OC)cc1. The van der Waals surface area contributed by atoms with Gasteiger partial charge in [-0.1, -0.05) is 50.1 Å². The number of carbonyl (C=O) groups is 2. The van der Waals surface area contributed by atoms with Gasteiger partial charge in [0.05, 0.1) is 7.11 Å². The lowest BCUT2D eigenvalue weighted by atomic mass is 10.1. The summed E-state index contributed by atoms with van der Waals surface area (Å²) in [5.74, 6) is 0.801. The van der Waals surface area contributed by atoms with E-state index in [1.165, 1.54) is 0 Å². The Morgan fingerprint density at radius 1 is 1.06 bits per heavy atom. The van der Waals surface area contributed by atoms with Gasteiger partial charge in [0.1, 0.15) is 17.5 Å². The molecular weight excluding hydrogens is 416 g/mol. The fourth-order valence-corrected chi connectivity index (χ4v) is 3.33. The van der Waals surface area contributed by atoms with Crippen molar-refractivity contribution in [1.29, 1.82) is 0 Å². The quantitative estimate of drug-likeness (QED) is 0.489. The molecule has 2 aromatic rings. The normalized spacial score (nSPS) is 11.5. The summed E-state index contributed by atoms with van der Waals surface area (Å²) in [5.41, 5.74) is 0.779. The number of carbonyl (C=O) groups excluding carboxylic acids is 2. The van der Waals surface area contributed by atoms with E-state index in [0.717, 1.165) is 18.4 Å². The van der Waals surface area contributed by atoms with Crippen LogP contribution in [0.2, 0.25) is 5.02 Å². The molecule has 0 aliphatic heterocycles. The highest BCUT2D eigenvalue weighted by atomic mass is 35.5. The van der Waals surface area contributed by atoms with E-state index >= 15 is 0 Å². The smallest absolute Gasteiger partial charge is 0.261 e. The van der Waals surface area contributed by atoms with Gasteiger partial charge in [-0.3, -0.25) is 9.59 Å². The van der Waals surface area contributed by atoms with Gasteiger partial charge in [-0.15, -0.1) is 0 Å². The number of hydrogen-bond donors (Lipinski definition) is 1. The Bertz CT molecular complexity index is 842. The summed E-state index contributed by atoms with van der Waals surface area (Å²) in [5, 5.41) is 3.49. The van der Waals surface area contributed by atoms with Crippen LogP contribution in [0.3, 0.4) is 0 Å². The first-order valence-electron chi connectivity index (χ1n) is 10.6. The molecule has 7 heteroatoms. The van der Waals surface area contributed by atoms with Crippen molar-refractivity contribution in [3.63, 3.8) is 0 Å². The van der Waals surface area contributed by atoms with Crippen LogP contribution < -0.4 is 14.8 Å². The van der Waals surface area contributed by atoms with Crippen molar-refractivity contribution in [3.05, 3.63) is 59.1 Å². The summed E-state index contributed by atoms with van der Waals surface area (Å²) >= 11 is 6.32. The fourth-order valence-electron chi connectivity index (χ4n) is 3.14. The minimum absolute atomic E-state index is 0.166. The van der Waals surface area contributed by atoms with Gasteiger partial charge in [0.2, 0.25) is 5.91 Å². The van der Waals surface area contributed by atoms with E-state index in [1.54, 1.807) is 42.3 Å². The maximum Gasteiger partial charge on any atom is 0.261 e. The molecule has 0 spiro atoms. The Hall–Kier alpha value is -2.73. The standard InChI is InChI=1S/C24H31ClN2O4/c1-4-6-15-26-24(29)22(5-2)27(16-18-9-7-8-10-21(18)25)23(28)17-31-20-13-11-19(30-3)12-14-20/h7-14,22H,4-6,15-17H2,1-3H3,(H,26,29). The number of hydrogen-bond acceptors (Lipinski definition) is 4. The minimum atomic E-state index is -0.611. The van der Waals surface area contributed by atoms with Gasteiger partial charge in [-0.2, -0.15) is 0 Å². The molecule has 0 aliphatic rings. The first kappa shape index (κ1) is 24.5. The van der Waals surface area contributed by atoms with Crippen LogP contribution in [0.25, 0.3) is 0 Å². The zero-order valence-electron chi connectivity index (χ0n) is 18.4. The second-order valence-electron chi connectivity index (χ2n) is 7.15. The van der Waals surface area contributed by atoms with Crippen LogP contribution >= 0.6 is 11.6 Å². The molecule has 0 fully saturated rings. The van der Waals surface area contributed by atoms with Crippen LogP contribution in [0, 0.1) is 0 Å². The number of benzene rings is 2. The Kier molecular flexibility index (Phi) is 10.2. The Labute approximate surface area is 189 Å². The molecule has 0 aliphatic carbocycles. The zero-order chi connectivity index (χ0) is 22.6. The molecule has 6 nitrogen and oxygen atoms in total. The number of nitrogens with zero attached hydrogens (tertiary/aromatic N) is 1. The first-order valence-corrected chi connectivity index (χ1v) is 10.9. The first-order chi connectivity index (χ1) is 15.0. The highest BCUT2D eigenvalue weighted by molar-refractivity contribution is 6.31. The highest BCUT2D eigenvalue weighted by Gasteiger charge is 2.29. The third-order valence-corrected chi connectivity index (χ3v) is 5.30. The van der Waals surface area contributed by atoms with E-state index in [2.05, 4.69) is 12.2 Å². The summed E-state index contributed by atoms with van der Waals surface area (Å²) in [7, 11) is 1.59. The molecular formula is C24H31ClN2O4. The van der Waals surface area contributed by atoms with Crippen molar-refractivity contribution >= 4 is 23.4 Å². The Morgan fingerprint density at radius 2 is 1.74 bits per heavy atom. The molecule has 31 heavy (non-hydrogen) atoms. The van der Waals surface area contributed by atoms with Gasteiger partial charge >= 0.3 is 0 Å². The lowest BCUT2D eigenvalue weighted by molar-refractivity contribution is -0.143. The second kappa shape index (κ2) is 12.8. The van der Waals surface area contributed by atoms with E-state index in [4.69, 9.17) is 21.1 Å². The van der Waals surface area contributed by atoms with E-state index in [1.807, 2.05) is 25.1 Å². The summed E-state index contributed by atoms with van der Waals surface area (Å²) < 4.78 is 10.8. The summed E-state index contributed by atoms with van der Waals surface area (Å²) in [6, 6.07) is 13.7. The molecule has 1 atom stereocenters. The van der Waals surface area contributed by atoms with Crippen molar-refractivity contribution in [1.82, 2.24) is 10.2 Å². The van der Waals surface area contributed by atoms with Crippen LogP contribution in [0.15, 0.2) is 48.5 Å². The number of unbranched alkanes of at least 4 members (excludes halogenated alkanes) is 1. The van der Waals surface area contributed by atoms with Gasteiger partial charge in [0.15, 0.2) is 6.61 Å². The summed E-state index contributed by atoms with van der Waals surface area (Å²) in [4.78, 5) is 27.5. The van der Waals surface area contributed by atoms with E-state index in [-0.39, 0.29) is 25.0 Å². The third kappa shape index (κ3) is 7.47. The van der Waals surface area contributed by atoms with Gasteiger partial charge < -0.3 is 19.7 Å². The highest BCUT2D eigenvalue weighted by Crippen LogP contribution is 2.21. The van der Waals surface area contributed by atoms with Crippen LogP contribution in [0.4, 0.5) is 0 Å². The van der Waals surface area contributed by atoms with Gasteiger partial charge in [0, 0.05) is 18.1 Å². The molecule has 2 rings (SSSR count). The van der Waals surface area contributed by atoms with Crippen LogP contribution in [-0.2, 0) is 16.1 Å². The van der Waals surface area contributed by atoms with Gasteiger partial charge in [-0.25, -0.2) is 0 Å². The number of amides is 2. The summed E-state index contributed by atoms with van der Waals surface area (Å²) in [6.45, 7) is 4.58. The van der Waals surface area contributed by atoms with E-state index in [0.29, 0.717) is 29.5 Å². The van der Waals surface area contributed by atoms with Crippen molar-refractivity contribution < 1.29 is 19.1 Å². The molecule has 0 saturated carbocycles. The number of rotatable bonds is 12. The lowest BCUT2D eigenvalue weighted by Crippen LogP contribution is -2.50. The fraction of sp³-hybridized carbons (Fsp3) is 0.417. The number of methoxy groups -OCH3 is 1. The molecule has 0 aromatic heterocycles. The predicted molar refractivity (Wildman–Crippen MR) is 122 cm³/mol. The number of ether oxygens (including phenoxy) is 2. The van der Waals surface area contributed by atoms with Crippen LogP contribution in [-0.4, -0.2) is 43.0 Å². The molecule has 0 bridgehead atoms. The second-order valence-corrected chi connectivity index (χ2v) is 7.55. The molecule has 2 aromatic carbocycles. The molecule has 168 valence electrons. The average molecular weight is 447 g/mol. The molecule has 0 heterocycles. The summed E-state index contributed by atoms with van der Waals surface area (Å²) in [6.07, 6.45) is 2.35. The van der Waals surface area contributed by atoms with E-state index < -0.39 is 6.04 Å². The molecule has 0 radical (unpaired) electrons. The van der Waals surface area contributed by atoms with Gasteiger partial charge in [0.25, 0.3) is 5.91 Å². The Balaban J connectivity index is 2.16. The largest absolute Gasteiger partial charge is 0.497 e. The molecule has 1 N–H and O–H groups in total. The predicted octanol–water partition coefficient (Wildman–Crippen LogP) is 4.45. The monoisotopic (exact) mass is 446 g/mol. The minimum Gasteiger partial charge on any atom is -0.497 e. The van der Waals surface area contributed by atoms with Crippen molar-refractivity contribution in [2.45, 2.75) is 45.7 Å². The number of halogens is 1. The maximum absolute atomic E-state index is 13.1. The number of nitrogens with one attached hydrogen (secondary N) is 1. The third-order valence-electron chi connectivity index (χ3n) is 4.94. The average Bonchev–Trinajstić information content (AvgIpc) is 2.79.